The van der Waals surface area contributed by atoms with Crippen LogP contribution >= 0.6 is 0 Å². The van der Waals surface area contributed by atoms with Gasteiger partial charge < -0.3 is 14.9 Å². The SMILES string of the molecule is COC12CCC(O)C(C=CC(O)CC(C)CCC=C(C)C)C1C(C)C2=O. The van der Waals surface area contributed by atoms with Crippen molar-refractivity contribution < 1.29 is 19.7 Å². The van der Waals surface area contributed by atoms with Crippen LogP contribution < -0.4 is 0 Å². The molecule has 0 aromatic heterocycles. The largest absolute Gasteiger partial charge is 0.393 e. The Morgan fingerprint density at radius 3 is 2.73 bits per heavy atom. The summed E-state index contributed by atoms with van der Waals surface area (Å²) in [5, 5.41) is 20.8. The maximum absolute atomic E-state index is 12.3. The number of carbonyl (C=O) groups excluding carboxylic acids is 1. The van der Waals surface area contributed by atoms with E-state index in [1.807, 2.05) is 19.1 Å². The van der Waals surface area contributed by atoms with Gasteiger partial charge in [-0.15, -0.1) is 0 Å². The topological polar surface area (TPSA) is 66.8 Å². The molecule has 0 spiro atoms. The van der Waals surface area contributed by atoms with Crippen LogP contribution in [0.4, 0.5) is 0 Å². The summed E-state index contributed by atoms with van der Waals surface area (Å²) in [6.07, 6.45) is 8.94. The lowest BCUT2D eigenvalue weighted by Crippen LogP contribution is -2.69. The summed E-state index contributed by atoms with van der Waals surface area (Å²) < 4.78 is 5.61. The predicted molar refractivity (Wildman–Crippen MR) is 104 cm³/mol. The van der Waals surface area contributed by atoms with E-state index in [4.69, 9.17) is 4.74 Å². The average Bonchev–Trinajstić information content (AvgIpc) is 2.59. The monoisotopic (exact) mass is 364 g/mol. The summed E-state index contributed by atoms with van der Waals surface area (Å²) in [4.78, 5) is 12.3. The first kappa shape index (κ1) is 21.3. The Bertz CT molecular complexity index is 548. The number of aliphatic hydroxyl groups excluding tert-OH is 2. The lowest BCUT2D eigenvalue weighted by molar-refractivity contribution is -0.206. The highest BCUT2D eigenvalue weighted by molar-refractivity contribution is 5.96. The van der Waals surface area contributed by atoms with Gasteiger partial charge >= 0.3 is 0 Å². The van der Waals surface area contributed by atoms with Crippen molar-refractivity contribution >= 4 is 5.78 Å². The van der Waals surface area contributed by atoms with Crippen LogP contribution in [-0.4, -0.2) is 40.9 Å². The minimum absolute atomic E-state index is 0.00212. The van der Waals surface area contributed by atoms with Crippen molar-refractivity contribution in [1.29, 1.82) is 0 Å². The fourth-order valence-corrected chi connectivity index (χ4v) is 4.86. The molecule has 0 aromatic rings. The number of ether oxygens (including phenoxy) is 1. The Kier molecular flexibility index (Phi) is 7.23. The van der Waals surface area contributed by atoms with E-state index in [1.165, 1.54) is 5.57 Å². The van der Waals surface area contributed by atoms with Crippen molar-refractivity contribution in [3.63, 3.8) is 0 Å². The number of carbonyl (C=O) groups is 1. The molecular formula is C22H36O4. The highest BCUT2D eigenvalue weighted by atomic mass is 16.5. The van der Waals surface area contributed by atoms with E-state index in [9.17, 15) is 15.0 Å². The molecule has 0 aliphatic heterocycles. The molecule has 2 fully saturated rings. The number of hydrogen-bond donors (Lipinski definition) is 2. The van der Waals surface area contributed by atoms with Gasteiger partial charge in [0.05, 0.1) is 12.2 Å². The number of rotatable bonds is 8. The van der Waals surface area contributed by atoms with Crippen LogP contribution in [0.15, 0.2) is 23.8 Å². The number of Topliss-reactive ketones (excluding diaryl/α,β-unsaturated/α-hetero) is 1. The van der Waals surface area contributed by atoms with Crippen LogP contribution in [-0.2, 0) is 9.53 Å². The molecular weight excluding hydrogens is 328 g/mol. The minimum atomic E-state index is -0.726. The van der Waals surface area contributed by atoms with Gasteiger partial charge in [0.25, 0.3) is 0 Å². The Morgan fingerprint density at radius 1 is 1.42 bits per heavy atom. The smallest absolute Gasteiger partial charge is 0.168 e. The minimum Gasteiger partial charge on any atom is -0.393 e. The second-order valence-corrected chi connectivity index (χ2v) is 8.61. The molecule has 4 nitrogen and oxygen atoms in total. The molecule has 2 N–H and O–H groups in total. The normalized spacial score (nSPS) is 36.3. The first-order valence-corrected chi connectivity index (χ1v) is 10.00. The van der Waals surface area contributed by atoms with Crippen molar-refractivity contribution in [2.24, 2.45) is 23.7 Å². The van der Waals surface area contributed by atoms with Crippen molar-refractivity contribution in [1.82, 2.24) is 0 Å². The van der Waals surface area contributed by atoms with Crippen molar-refractivity contribution in [2.75, 3.05) is 7.11 Å². The first-order valence-electron chi connectivity index (χ1n) is 10.00. The van der Waals surface area contributed by atoms with Gasteiger partial charge in [-0.2, -0.15) is 0 Å². The van der Waals surface area contributed by atoms with Crippen LogP contribution in [0.1, 0.15) is 59.8 Å². The summed E-state index contributed by atoms with van der Waals surface area (Å²) in [5.74, 6) is 0.363. The van der Waals surface area contributed by atoms with Crippen molar-refractivity contribution in [3.05, 3.63) is 23.8 Å². The van der Waals surface area contributed by atoms with E-state index in [-0.39, 0.29) is 23.5 Å². The third kappa shape index (κ3) is 4.29. The zero-order valence-electron chi connectivity index (χ0n) is 16.9. The summed E-state index contributed by atoms with van der Waals surface area (Å²) in [7, 11) is 1.60. The molecule has 26 heavy (non-hydrogen) atoms. The van der Waals surface area contributed by atoms with Crippen LogP contribution in [0.25, 0.3) is 0 Å². The molecule has 2 rings (SSSR count). The second kappa shape index (κ2) is 8.81. The number of fused-ring (bicyclic) bond motifs is 1. The fraction of sp³-hybridized carbons (Fsp3) is 0.773. The van der Waals surface area contributed by atoms with E-state index in [0.29, 0.717) is 25.2 Å². The van der Waals surface area contributed by atoms with E-state index >= 15 is 0 Å². The van der Waals surface area contributed by atoms with E-state index < -0.39 is 17.8 Å². The molecule has 0 saturated heterocycles. The van der Waals surface area contributed by atoms with Crippen LogP contribution in [0.2, 0.25) is 0 Å². The van der Waals surface area contributed by atoms with Gasteiger partial charge in [0, 0.05) is 24.9 Å². The van der Waals surface area contributed by atoms with E-state index in [0.717, 1.165) is 12.8 Å². The van der Waals surface area contributed by atoms with Gasteiger partial charge in [-0.05, 0) is 51.9 Å². The second-order valence-electron chi connectivity index (χ2n) is 8.61. The highest BCUT2D eigenvalue weighted by Crippen LogP contribution is 2.54. The van der Waals surface area contributed by atoms with Crippen LogP contribution in [0.3, 0.4) is 0 Å². The van der Waals surface area contributed by atoms with Gasteiger partial charge in [0.15, 0.2) is 5.78 Å². The predicted octanol–water partition coefficient (Wildman–Crippen LogP) is 3.67. The quantitative estimate of drug-likeness (QED) is 0.645. The Balaban J connectivity index is 1.95. The summed E-state index contributed by atoms with van der Waals surface area (Å²) in [6.45, 7) is 8.28. The average molecular weight is 365 g/mol. The number of methoxy groups -OCH3 is 1. The van der Waals surface area contributed by atoms with Gasteiger partial charge in [0.2, 0.25) is 0 Å². The lowest BCUT2D eigenvalue weighted by atomic mass is 9.50. The molecule has 148 valence electrons. The first-order chi connectivity index (χ1) is 12.2. The van der Waals surface area contributed by atoms with Gasteiger partial charge in [-0.25, -0.2) is 0 Å². The van der Waals surface area contributed by atoms with Crippen molar-refractivity contribution in [3.8, 4) is 0 Å². The van der Waals surface area contributed by atoms with Gasteiger partial charge in [0.1, 0.15) is 5.60 Å². The Labute approximate surface area is 158 Å². The molecule has 0 amide bonds. The Morgan fingerprint density at radius 2 is 2.12 bits per heavy atom. The maximum atomic E-state index is 12.3. The molecule has 4 heteroatoms. The number of aliphatic hydroxyl groups is 2. The number of ketones is 1. The summed E-state index contributed by atoms with van der Waals surface area (Å²) in [5.41, 5.74) is 0.602. The van der Waals surface area contributed by atoms with E-state index in [1.54, 1.807) is 7.11 Å². The standard InChI is InChI=1S/C22H36O4/c1-14(2)7-6-8-15(3)13-17(23)9-10-18-19(24)11-12-22(26-5)20(18)16(4)21(22)25/h7,9-10,15-20,23-24H,6,8,11-13H2,1-5H3. The van der Waals surface area contributed by atoms with Gasteiger partial charge in [-0.3, -0.25) is 4.79 Å². The Hall–Kier alpha value is -0.970. The number of hydrogen-bond acceptors (Lipinski definition) is 4. The fourth-order valence-electron chi connectivity index (χ4n) is 4.86. The van der Waals surface area contributed by atoms with E-state index in [2.05, 4.69) is 26.8 Å². The van der Waals surface area contributed by atoms with Gasteiger partial charge in [-0.1, -0.05) is 37.6 Å². The maximum Gasteiger partial charge on any atom is 0.168 e. The third-order valence-corrected chi connectivity index (χ3v) is 6.35. The lowest BCUT2D eigenvalue weighted by Gasteiger charge is -2.57. The zero-order chi connectivity index (χ0) is 19.5. The van der Waals surface area contributed by atoms with Crippen molar-refractivity contribution in [2.45, 2.75) is 77.6 Å². The molecule has 2 saturated carbocycles. The number of allylic oxidation sites excluding steroid dienone is 2. The zero-order valence-corrected chi connectivity index (χ0v) is 16.9. The highest BCUT2D eigenvalue weighted by Gasteiger charge is 2.65. The van der Waals surface area contributed by atoms with Crippen LogP contribution in [0.5, 0.6) is 0 Å². The molecule has 0 radical (unpaired) electrons. The summed E-state index contributed by atoms with van der Waals surface area (Å²) in [6, 6.07) is 0. The molecule has 2 aliphatic carbocycles. The molecule has 7 unspecified atom stereocenters. The molecule has 0 bridgehead atoms. The molecule has 0 heterocycles. The third-order valence-electron chi connectivity index (χ3n) is 6.35. The van der Waals surface area contributed by atoms with Crippen LogP contribution in [0, 0.1) is 23.7 Å². The molecule has 2 aliphatic rings. The molecule has 7 atom stereocenters. The summed E-state index contributed by atoms with van der Waals surface area (Å²) >= 11 is 0. The molecule has 0 aromatic carbocycles.